The van der Waals surface area contributed by atoms with Crippen molar-refractivity contribution >= 4 is 11.8 Å². The van der Waals surface area contributed by atoms with Crippen molar-refractivity contribution in [1.29, 1.82) is 0 Å². The monoisotopic (exact) mass is 275 g/mol. The third kappa shape index (κ3) is 2.39. The van der Waals surface area contributed by atoms with Crippen LogP contribution in [-0.2, 0) is 0 Å². The van der Waals surface area contributed by atoms with E-state index in [9.17, 15) is 0 Å². The molecule has 1 aliphatic rings. The fourth-order valence-electron chi connectivity index (χ4n) is 2.57. The highest BCUT2D eigenvalue weighted by Gasteiger charge is 2.19. The van der Waals surface area contributed by atoms with E-state index in [0.717, 1.165) is 28.3 Å². The molecule has 2 heteroatoms. The van der Waals surface area contributed by atoms with Crippen LogP contribution in [0, 0.1) is 19.3 Å². The third-order valence-corrected chi connectivity index (χ3v) is 3.69. The number of hydrogen-bond acceptors (Lipinski definition) is 2. The molecule has 0 spiro atoms. The van der Waals surface area contributed by atoms with E-state index in [1.807, 2.05) is 37.4 Å². The first-order chi connectivity index (χ1) is 10.2. The maximum Gasteiger partial charge on any atom is 0.136 e. The summed E-state index contributed by atoms with van der Waals surface area (Å²) < 4.78 is 6.11. The normalized spacial score (nSPS) is 12.1. The molecule has 1 aliphatic heterocycles. The zero-order valence-corrected chi connectivity index (χ0v) is 12.3. The number of ether oxygens (including phenoxy) is 1. The Bertz CT molecular complexity index is 752. The minimum atomic E-state index is 0.557. The molecule has 2 aromatic rings. The van der Waals surface area contributed by atoms with Gasteiger partial charge in [0.05, 0.1) is 6.54 Å². The first-order valence-electron chi connectivity index (χ1n) is 6.94. The van der Waals surface area contributed by atoms with Crippen LogP contribution in [0.2, 0.25) is 0 Å². The quantitative estimate of drug-likeness (QED) is 0.763. The van der Waals surface area contributed by atoms with Gasteiger partial charge in [0.15, 0.2) is 0 Å². The lowest BCUT2D eigenvalue weighted by Crippen LogP contribution is -2.16. The lowest BCUT2D eigenvalue weighted by atomic mass is 10.0. The number of terminal acetylenes is 1. The maximum atomic E-state index is 6.11. The second-order valence-corrected chi connectivity index (χ2v) is 5.17. The van der Waals surface area contributed by atoms with Gasteiger partial charge in [0.25, 0.3) is 0 Å². The summed E-state index contributed by atoms with van der Waals surface area (Å²) >= 11 is 0. The molecule has 0 saturated carbocycles. The van der Waals surface area contributed by atoms with Crippen LogP contribution in [0.4, 0.5) is 0 Å². The molecule has 21 heavy (non-hydrogen) atoms. The molecule has 3 rings (SSSR count). The van der Waals surface area contributed by atoms with E-state index >= 15 is 0 Å². The van der Waals surface area contributed by atoms with Crippen LogP contribution in [-0.4, -0.2) is 18.5 Å². The lowest BCUT2D eigenvalue weighted by Gasteiger charge is -2.20. The van der Waals surface area contributed by atoms with Gasteiger partial charge in [-0.3, -0.25) is 0 Å². The highest BCUT2D eigenvalue weighted by Crippen LogP contribution is 2.39. The zero-order chi connectivity index (χ0) is 14.8. The second kappa shape index (κ2) is 5.38. The lowest BCUT2D eigenvalue weighted by molar-refractivity contribution is 0.477. The van der Waals surface area contributed by atoms with Gasteiger partial charge >= 0.3 is 0 Å². The van der Waals surface area contributed by atoms with Crippen LogP contribution in [0.15, 0.2) is 42.5 Å². The Hall–Kier alpha value is -2.66. The molecular formula is C19H17NO. The van der Waals surface area contributed by atoms with E-state index in [0.29, 0.717) is 6.54 Å². The van der Waals surface area contributed by atoms with E-state index in [1.165, 1.54) is 5.56 Å². The predicted molar refractivity (Wildman–Crippen MR) is 87.0 cm³/mol. The molecule has 0 radical (unpaired) electrons. The number of fused-ring (bicyclic) bond motifs is 2. The maximum absolute atomic E-state index is 6.11. The molecule has 2 aromatic carbocycles. The van der Waals surface area contributed by atoms with Gasteiger partial charge in [-0.15, -0.1) is 6.42 Å². The van der Waals surface area contributed by atoms with Crippen molar-refractivity contribution in [1.82, 2.24) is 4.90 Å². The standard InChI is InChI=1S/C19H17NO/c1-4-12-20(3)17-13-16-14(2)8-7-11-19(16)21-18-10-6-5-9-15(17)18/h1,5-11,13H,12H2,2-3H3. The SMILES string of the molecule is C#CCN(C)C1=Cc2c(C)cccc2Oc2ccccc21. The summed E-state index contributed by atoms with van der Waals surface area (Å²) in [7, 11) is 2.01. The highest BCUT2D eigenvalue weighted by molar-refractivity contribution is 5.87. The largest absolute Gasteiger partial charge is 0.456 e. The van der Waals surface area contributed by atoms with Gasteiger partial charge in [0.2, 0.25) is 0 Å². The average Bonchev–Trinajstić information content (AvgIpc) is 2.65. The van der Waals surface area contributed by atoms with Gasteiger partial charge in [0, 0.05) is 23.9 Å². The molecular weight excluding hydrogens is 258 g/mol. The predicted octanol–water partition coefficient (Wildman–Crippen LogP) is 4.16. The molecule has 0 bridgehead atoms. The van der Waals surface area contributed by atoms with E-state index < -0.39 is 0 Å². The number of hydrogen-bond donors (Lipinski definition) is 0. The number of benzene rings is 2. The summed E-state index contributed by atoms with van der Waals surface area (Å²) in [5.41, 5.74) is 4.43. The first kappa shape index (κ1) is 13.3. The van der Waals surface area contributed by atoms with Gasteiger partial charge < -0.3 is 9.64 Å². The molecule has 2 nitrogen and oxygen atoms in total. The third-order valence-electron chi connectivity index (χ3n) is 3.69. The van der Waals surface area contributed by atoms with Crippen molar-refractivity contribution in [2.75, 3.05) is 13.6 Å². The molecule has 104 valence electrons. The van der Waals surface area contributed by atoms with Crippen LogP contribution in [0.3, 0.4) is 0 Å². The number of para-hydroxylation sites is 1. The van der Waals surface area contributed by atoms with Gasteiger partial charge in [-0.05, 0) is 36.8 Å². The fourth-order valence-corrected chi connectivity index (χ4v) is 2.57. The molecule has 0 atom stereocenters. The Morgan fingerprint density at radius 1 is 1.10 bits per heavy atom. The number of aryl methyl sites for hydroxylation is 1. The first-order valence-corrected chi connectivity index (χ1v) is 6.94. The van der Waals surface area contributed by atoms with Crippen LogP contribution in [0.25, 0.3) is 11.8 Å². The minimum Gasteiger partial charge on any atom is -0.456 e. The molecule has 0 amide bonds. The molecule has 0 N–H and O–H groups in total. The van der Waals surface area contributed by atoms with E-state index in [1.54, 1.807) is 0 Å². The Balaban J connectivity index is 2.24. The van der Waals surface area contributed by atoms with Gasteiger partial charge in [-0.2, -0.15) is 0 Å². The molecule has 0 fully saturated rings. The minimum absolute atomic E-state index is 0.557. The van der Waals surface area contributed by atoms with Crippen molar-refractivity contribution in [3.63, 3.8) is 0 Å². The van der Waals surface area contributed by atoms with E-state index in [2.05, 4.69) is 36.0 Å². The summed E-state index contributed by atoms with van der Waals surface area (Å²) in [6, 6.07) is 14.2. The van der Waals surface area contributed by atoms with Gasteiger partial charge in [-0.1, -0.05) is 30.2 Å². The molecule has 1 heterocycles. The van der Waals surface area contributed by atoms with Crippen molar-refractivity contribution in [3.8, 4) is 23.8 Å². The Morgan fingerprint density at radius 2 is 1.86 bits per heavy atom. The van der Waals surface area contributed by atoms with E-state index in [-0.39, 0.29) is 0 Å². The van der Waals surface area contributed by atoms with Crippen LogP contribution in [0.1, 0.15) is 16.7 Å². The van der Waals surface area contributed by atoms with Crippen molar-refractivity contribution in [2.45, 2.75) is 6.92 Å². The van der Waals surface area contributed by atoms with E-state index in [4.69, 9.17) is 11.2 Å². The van der Waals surface area contributed by atoms with Crippen molar-refractivity contribution in [2.24, 2.45) is 0 Å². The highest BCUT2D eigenvalue weighted by atomic mass is 16.5. The van der Waals surface area contributed by atoms with Crippen LogP contribution in [0.5, 0.6) is 11.5 Å². The summed E-state index contributed by atoms with van der Waals surface area (Å²) in [5.74, 6) is 4.44. The summed E-state index contributed by atoms with van der Waals surface area (Å²) in [4.78, 5) is 2.07. The van der Waals surface area contributed by atoms with Crippen molar-refractivity contribution in [3.05, 3.63) is 59.2 Å². The van der Waals surface area contributed by atoms with Crippen LogP contribution < -0.4 is 4.74 Å². The summed E-state index contributed by atoms with van der Waals surface area (Å²) in [6.45, 7) is 2.65. The smallest absolute Gasteiger partial charge is 0.136 e. The summed E-state index contributed by atoms with van der Waals surface area (Å²) in [6.07, 6.45) is 7.63. The average molecular weight is 275 g/mol. The van der Waals surface area contributed by atoms with Crippen LogP contribution >= 0.6 is 0 Å². The Labute approximate surface area is 125 Å². The summed E-state index contributed by atoms with van der Waals surface area (Å²) in [5, 5.41) is 0. The topological polar surface area (TPSA) is 12.5 Å². The van der Waals surface area contributed by atoms with Crippen molar-refractivity contribution < 1.29 is 4.74 Å². The number of nitrogens with zero attached hydrogens (tertiary/aromatic N) is 1. The van der Waals surface area contributed by atoms with Gasteiger partial charge in [-0.25, -0.2) is 0 Å². The van der Waals surface area contributed by atoms with Gasteiger partial charge in [0.1, 0.15) is 11.5 Å². The molecule has 0 unspecified atom stereocenters. The number of rotatable bonds is 2. The molecule has 0 aliphatic carbocycles. The zero-order valence-electron chi connectivity index (χ0n) is 12.3. The fraction of sp³-hybridized carbons (Fsp3) is 0.158. The Morgan fingerprint density at radius 3 is 2.67 bits per heavy atom. The molecule has 0 aromatic heterocycles. The second-order valence-electron chi connectivity index (χ2n) is 5.17. The Kier molecular flexibility index (Phi) is 3.41. The molecule has 0 saturated heterocycles.